The number of pyridine rings is 2. The fourth-order valence-corrected chi connectivity index (χ4v) is 5.22. The van der Waals surface area contributed by atoms with Crippen LogP contribution in [0.1, 0.15) is 57.3 Å². The lowest BCUT2D eigenvalue weighted by Gasteiger charge is -2.26. The number of anilines is 1. The molecule has 1 saturated heterocycles. The zero-order valence-electron chi connectivity index (χ0n) is 23.9. The van der Waals surface area contributed by atoms with Crippen LogP contribution in [0.15, 0.2) is 47.6 Å². The van der Waals surface area contributed by atoms with E-state index in [1.807, 2.05) is 12.1 Å². The molecule has 1 unspecified atom stereocenters. The summed E-state index contributed by atoms with van der Waals surface area (Å²) in [6.45, 7) is 7.85. The van der Waals surface area contributed by atoms with Gasteiger partial charge in [-0.15, -0.1) is 5.10 Å². The van der Waals surface area contributed by atoms with E-state index in [2.05, 4.69) is 44.3 Å². The molecule has 1 aliphatic rings. The van der Waals surface area contributed by atoms with E-state index in [1.54, 1.807) is 6.07 Å². The summed E-state index contributed by atoms with van der Waals surface area (Å²) >= 11 is 7.34. The second-order valence-electron chi connectivity index (χ2n) is 11.6. The number of nitrogens with zero attached hydrogens (tertiary/aromatic N) is 4. The van der Waals surface area contributed by atoms with Crippen molar-refractivity contribution in [3.63, 3.8) is 0 Å². The average Bonchev–Trinajstić information content (AvgIpc) is 3.54. The molecule has 0 aliphatic carbocycles. The lowest BCUT2D eigenvalue weighted by Crippen LogP contribution is -2.37. The third kappa shape index (κ3) is 8.51. The summed E-state index contributed by atoms with van der Waals surface area (Å²) in [4.78, 5) is 21.5. The highest BCUT2D eigenvalue weighted by atomic mass is 35.5. The molecule has 14 heteroatoms. The smallest absolute Gasteiger partial charge is 0.397 e. The number of hydrogen-bond acceptors (Lipinski definition) is 8. The Bertz CT molecular complexity index is 1380. The molecule has 1 amide bonds. The predicted molar refractivity (Wildman–Crippen MR) is 157 cm³/mol. The molecule has 228 valence electrons. The molecule has 3 aromatic heterocycles. The lowest BCUT2D eigenvalue weighted by molar-refractivity contribution is -0.219. The molecule has 9 nitrogen and oxygen atoms in total. The van der Waals surface area contributed by atoms with Gasteiger partial charge in [0.2, 0.25) is 5.88 Å². The largest absolute Gasteiger partial charge is 0.476 e. The lowest BCUT2D eigenvalue weighted by atomic mass is 9.94. The van der Waals surface area contributed by atoms with Gasteiger partial charge in [0.15, 0.2) is 5.82 Å². The maximum Gasteiger partial charge on any atom is 0.397 e. The fraction of sp³-hybridized carbons (Fsp3) is 0.500. The van der Waals surface area contributed by atoms with E-state index in [1.165, 1.54) is 35.5 Å². The van der Waals surface area contributed by atoms with Crippen LogP contribution in [0.4, 0.5) is 19.0 Å². The summed E-state index contributed by atoms with van der Waals surface area (Å²) in [5, 5.41) is 11.5. The quantitative estimate of drug-likeness (QED) is 0.122. The number of aromatic nitrogens is 4. The first kappa shape index (κ1) is 31.9. The van der Waals surface area contributed by atoms with E-state index in [0.29, 0.717) is 10.9 Å². The van der Waals surface area contributed by atoms with Gasteiger partial charge in [-0.2, -0.15) is 13.2 Å². The van der Waals surface area contributed by atoms with Gasteiger partial charge in [0, 0.05) is 36.3 Å². The maximum absolute atomic E-state index is 13.1. The van der Waals surface area contributed by atoms with E-state index in [4.69, 9.17) is 16.3 Å². The van der Waals surface area contributed by atoms with Gasteiger partial charge in [-0.3, -0.25) is 9.52 Å². The molecule has 1 atom stereocenters. The minimum absolute atomic E-state index is 0.00263. The Kier molecular flexibility index (Phi) is 9.94. The molecule has 4 rings (SSSR count). The van der Waals surface area contributed by atoms with E-state index in [9.17, 15) is 18.0 Å². The highest BCUT2D eigenvalue weighted by Gasteiger charge is 2.48. The Morgan fingerprint density at radius 3 is 2.69 bits per heavy atom. The Labute approximate surface area is 252 Å². The van der Waals surface area contributed by atoms with Crippen LogP contribution in [0.3, 0.4) is 0 Å². The third-order valence-electron chi connectivity index (χ3n) is 6.96. The van der Waals surface area contributed by atoms with Crippen LogP contribution in [0.2, 0.25) is 5.15 Å². The van der Waals surface area contributed by atoms with Gasteiger partial charge >= 0.3 is 6.18 Å². The summed E-state index contributed by atoms with van der Waals surface area (Å²) in [5.41, 5.74) is -1.68. The number of hydrogen-bond donors (Lipinski definition) is 3. The third-order valence-corrected chi connectivity index (χ3v) is 7.97. The Morgan fingerprint density at radius 2 is 2.00 bits per heavy atom. The molecule has 0 saturated carbocycles. The molecule has 4 heterocycles. The Hall–Kier alpha value is -3.03. The average molecular weight is 626 g/mol. The van der Waals surface area contributed by atoms with Crippen molar-refractivity contribution in [2.24, 2.45) is 11.3 Å². The second kappa shape index (κ2) is 13.1. The topological polar surface area (TPSA) is 106 Å². The molecule has 3 N–H and O–H groups in total. The SMILES string of the molecule is CC1(C)CC(CCCNc2cccc(SNC(=O)c3ccc(-n4ccc(OCC(C)(C)C(F)(F)F)n4)nc3Cl)n2)CN1. The van der Waals surface area contributed by atoms with E-state index < -0.39 is 24.1 Å². The van der Waals surface area contributed by atoms with Gasteiger partial charge in [-0.25, -0.2) is 14.6 Å². The van der Waals surface area contributed by atoms with Gasteiger partial charge in [-0.1, -0.05) is 17.7 Å². The summed E-state index contributed by atoms with van der Waals surface area (Å²) in [6.07, 6.45) is 0.439. The first-order valence-electron chi connectivity index (χ1n) is 13.6. The van der Waals surface area contributed by atoms with Gasteiger partial charge in [0.1, 0.15) is 22.6 Å². The van der Waals surface area contributed by atoms with Gasteiger partial charge in [0.25, 0.3) is 5.91 Å². The molecule has 0 bridgehead atoms. The van der Waals surface area contributed by atoms with Crippen molar-refractivity contribution >= 4 is 35.3 Å². The number of ether oxygens (including phenoxy) is 1. The van der Waals surface area contributed by atoms with Gasteiger partial charge in [0.05, 0.1) is 11.0 Å². The van der Waals surface area contributed by atoms with Crippen molar-refractivity contribution in [2.45, 2.75) is 63.7 Å². The predicted octanol–water partition coefficient (Wildman–Crippen LogP) is 6.30. The van der Waals surface area contributed by atoms with Crippen LogP contribution in [-0.4, -0.2) is 57.1 Å². The first-order valence-corrected chi connectivity index (χ1v) is 14.8. The van der Waals surface area contributed by atoms with Crippen molar-refractivity contribution in [1.29, 1.82) is 0 Å². The standard InChI is InChI=1S/C28H35ClF3N7O2S/c1-26(2,28(30,31)32)17-41-22-12-14-39(37-22)21-11-10-19(24(29)36-21)25(40)38-42-23-9-5-8-20(35-23)33-13-6-7-18-15-27(3,4)34-16-18/h5,8-12,14,18,34H,6-7,13,15-17H2,1-4H3,(H,33,35)(H,38,40). The zero-order chi connectivity index (χ0) is 30.5. The first-order chi connectivity index (χ1) is 19.7. The Balaban J connectivity index is 1.26. The number of halogens is 4. The Morgan fingerprint density at radius 1 is 1.21 bits per heavy atom. The minimum Gasteiger partial charge on any atom is -0.476 e. The molecule has 1 fully saturated rings. The molecule has 1 aliphatic heterocycles. The molecule has 0 aromatic carbocycles. The molecular weight excluding hydrogens is 591 g/mol. The highest BCUT2D eigenvalue weighted by molar-refractivity contribution is 7.97. The summed E-state index contributed by atoms with van der Waals surface area (Å²) in [6, 6.07) is 9.97. The number of rotatable bonds is 12. The van der Waals surface area contributed by atoms with Crippen LogP contribution in [0.5, 0.6) is 5.88 Å². The van der Waals surface area contributed by atoms with Crippen LogP contribution in [-0.2, 0) is 0 Å². The van der Waals surface area contributed by atoms with E-state index >= 15 is 0 Å². The number of carbonyl (C=O) groups is 1. The molecular formula is C28H35ClF3N7O2S. The molecule has 0 radical (unpaired) electrons. The van der Waals surface area contributed by atoms with Gasteiger partial charge < -0.3 is 15.4 Å². The van der Waals surface area contributed by atoms with Crippen molar-refractivity contribution in [1.82, 2.24) is 29.8 Å². The second-order valence-corrected chi connectivity index (χ2v) is 12.8. The van der Waals surface area contributed by atoms with Crippen LogP contribution < -0.4 is 20.1 Å². The number of alkyl halides is 3. The molecule has 42 heavy (non-hydrogen) atoms. The number of carbonyl (C=O) groups excluding carboxylic acids is 1. The maximum atomic E-state index is 13.1. The van der Waals surface area contributed by atoms with Crippen LogP contribution in [0.25, 0.3) is 5.82 Å². The summed E-state index contributed by atoms with van der Waals surface area (Å²) in [7, 11) is 0. The molecule has 3 aromatic rings. The van der Waals surface area contributed by atoms with Crippen LogP contribution >= 0.6 is 23.5 Å². The van der Waals surface area contributed by atoms with E-state index in [-0.39, 0.29) is 28.0 Å². The minimum atomic E-state index is -4.42. The van der Waals surface area contributed by atoms with Crippen molar-refractivity contribution in [3.05, 3.63) is 53.3 Å². The van der Waals surface area contributed by atoms with E-state index in [0.717, 1.165) is 57.5 Å². The summed E-state index contributed by atoms with van der Waals surface area (Å²) in [5.74, 6) is 1.23. The van der Waals surface area contributed by atoms with Crippen molar-refractivity contribution in [3.8, 4) is 11.7 Å². The molecule has 0 spiro atoms. The summed E-state index contributed by atoms with van der Waals surface area (Å²) < 4.78 is 48.5. The number of amides is 1. The van der Waals surface area contributed by atoms with Crippen molar-refractivity contribution < 1.29 is 22.7 Å². The fourth-order valence-electron chi connectivity index (χ4n) is 4.39. The van der Waals surface area contributed by atoms with Crippen molar-refractivity contribution in [2.75, 3.05) is 25.0 Å². The zero-order valence-corrected chi connectivity index (χ0v) is 25.5. The normalized spacial score (nSPS) is 16.8. The van der Waals surface area contributed by atoms with Crippen LogP contribution in [0, 0.1) is 11.3 Å². The number of nitrogens with one attached hydrogen (secondary N) is 3. The van der Waals surface area contributed by atoms with Gasteiger partial charge in [-0.05, 0) is 83.7 Å². The highest BCUT2D eigenvalue weighted by Crippen LogP contribution is 2.37. The monoisotopic (exact) mass is 625 g/mol.